The first-order chi connectivity index (χ1) is 9.46. The van der Waals surface area contributed by atoms with Crippen LogP contribution in [0.1, 0.15) is 70.0 Å². The smallest absolute Gasteiger partial charge is 0.234 e. The summed E-state index contributed by atoms with van der Waals surface area (Å²) >= 11 is 0. The van der Waals surface area contributed by atoms with Gasteiger partial charge in [-0.1, -0.05) is 44.7 Å². The van der Waals surface area contributed by atoms with Crippen molar-refractivity contribution in [2.45, 2.75) is 64.3 Å². The summed E-state index contributed by atoms with van der Waals surface area (Å²) in [5, 5.41) is 2.93. The number of hydrogen-bond acceptors (Lipinski definition) is 2. The first-order valence-electron chi connectivity index (χ1n) is 7.68. The maximum atomic E-state index is 11.9. The van der Waals surface area contributed by atoms with Crippen LogP contribution in [0.25, 0.3) is 0 Å². The van der Waals surface area contributed by atoms with Gasteiger partial charge in [0.25, 0.3) is 0 Å². The van der Waals surface area contributed by atoms with Crippen molar-refractivity contribution < 1.29 is 4.79 Å². The summed E-state index contributed by atoms with van der Waals surface area (Å²) in [6.45, 7) is 6.14. The molecule has 0 aromatic heterocycles. The molecule has 0 aliphatic carbocycles. The van der Waals surface area contributed by atoms with Crippen LogP contribution < -0.4 is 11.1 Å². The van der Waals surface area contributed by atoms with Gasteiger partial charge in [-0.25, -0.2) is 0 Å². The Balaban J connectivity index is 2.08. The molecule has 1 amide bonds. The van der Waals surface area contributed by atoms with Crippen LogP contribution in [-0.2, 0) is 10.2 Å². The third-order valence-electron chi connectivity index (χ3n) is 4.33. The largest absolute Gasteiger partial charge is 0.325 e. The molecule has 0 saturated heterocycles. The van der Waals surface area contributed by atoms with Crippen molar-refractivity contribution >= 4 is 11.6 Å². The van der Waals surface area contributed by atoms with Crippen molar-refractivity contribution in [3.05, 3.63) is 29.3 Å². The number of unbranched alkanes of at least 4 members (excludes halogenated alkanes) is 3. The fraction of sp³-hybridized carbons (Fsp3) is 0.588. The van der Waals surface area contributed by atoms with Crippen molar-refractivity contribution in [3.8, 4) is 0 Å². The van der Waals surface area contributed by atoms with Gasteiger partial charge in [0.2, 0.25) is 5.91 Å². The SMILES string of the molecule is CCCCCCC(N)c1ccc2c(c1)C(C)(C)C(=O)N2. The zero-order chi connectivity index (χ0) is 14.8. The molecule has 110 valence electrons. The molecule has 0 bridgehead atoms. The predicted molar refractivity (Wildman–Crippen MR) is 83.8 cm³/mol. The lowest BCUT2D eigenvalue weighted by molar-refractivity contribution is -0.119. The number of carbonyl (C=O) groups is 1. The lowest BCUT2D eigenvalue weighted by Crippen LogP contribution is -2.27. The van der Waals surface area contributed by atoms with Crippen LogP contribution in [-0.4, -0.2) is 5.91 Å². The Morgan fingerprint density at radius 3 is 2.70 bits per heavy atom. The second-order valence-electron chi connectivity index (χ2n) is 6.34. The number of fused-ring (bicyclic) bond motifs is 1. The van der Waals surface area contributed by atoms with Crippen molar-refractivity contribution in [2.24, 2.45) is 5.73 Å². The molecule has 1 heterocycles. The highest BCUT2D eigenvalue weighted by molar-refractivity contribution is 6.05. The molecular formula is C17H26N2O. The number of anilines is 1. The molecule has 2 rings (SSSR count). The van der Waals surface area contributed by atoms with Crippen LogP contribution in [0.3, 0.4) is 0 Å². The monoisotopic (exact) mass is 274 g/mol. The summed E-state index contributed by atoms with van der Waals surface area (Å²) in [6, 6.07) is 6.22. The normalized spacial score (nSPS) is 17.7. The van der Waals surface area contributed by atoms with Gasteiger partial charge < -0.3 is 11.1 Å². The molecule has 0 radical (unpaired) electrons. The van der Waals surface area contributed by atoms with Gasteiger partial charge in [0.1, 0.15) is 0 Å². The summed E-state index contributed by atoms with van der Waals surface area (Å²) in [5.74, 6) is 0.0705. The van der Waals surface area contributed by atoms with E-state index in [1.807, 2.05) is 26.0 Å². The molecule has 20 heavy (non-hydrogen) atoms. The Morgan fingerprint density at radius 1 is 1.25 bits per heavy atom. The molecule has 3 nitrogen and oxygen atoms in total. The quantitative estimate of drug-likeness (QED) is 0.773. The Morgan fingerprint density at radius 2 is 2.00 bits per heavy atom. The highest BCUT2D eigenvalue weighted by Crippen LogP contribution is 2.38. The minimum atomic E-state index is -0.451. The molecular weight excluding hydrogens is 248 g/mol. The lowest BCUT2D eigenvalue weighted by atomic mass is 9.84. The summed E-state index contributed by atoms with van der Waals surface area (Å²) < 4.78 is 0. The molecule has 3 N–H and O–H groups in total. The topological polar surface area (TPSA) is 55.1 Å². The molecule has 0 spiro atoms. The Hall–Kier alpha value is -1.35. The zero-order valence-corrected chi connectivity index (χ0v) is 12.8. The van der Waals surface area contributed by atoms with E-state index in [0.717, 1.165) is 23.2 Å². The number of nitrogens with one attached hydrogen (secondary N) is 1. The van der Waals surface area contributed by atoms with Gasteiger partial charge in [0.15, 0.2) is 0 Å². The first kappa shape index (κ1) is 15.0. The molecule has 1 aliphatic heterocycles. The van der Waals surface area contributed by atoms with Crippen LogP contribution in [0.2, 0.25) is 0 Å². The van der Waals surface area contributed by atoms with Crippen LogP contribution >= 0.6 is 0 Å². The van der Waals surface area contributed by atoms with E-state index in [9.17, 15) is 4.79 Å². The third kappa shape index (κ3) is 2.88. The molecule has 1 aromatic rings. The molecule has 0 fully saturated rings. The van der Waals surface area contributed by atoms with Crippen molar-refractivity contribution in [1.29, 1.82) is 0 Å². The molecule has 1 unspecified atom stereocenters. The van der Waals surface area contributed by atoms with Crippen molar-refractivity contribution in [3.63, 3.8) is 0 Å². The lowest BCUT2D eigenvalue weighted by Gasteiger charge is -2.18. The molecule has 1 atom stereocenters. The number of nitrogens with two attached hydrogens (primary N) is 1. The number of benzene rings is 1. The number of carbonyl (C=O) groups excluding carboxylic acids is 1. The molecule has 1 aliphatic rings. The highest BCUT2D eigenvalue weighted by Gasteiger charge is 2.38. The maximum Gasteiger partial charge on any atom is 0.234 e. The van der Waals surface area contributed by atoms with Crippen LogP contribution in [0.4, 0.5) is 5.69 Å². The van der Waals surface area contributed by atoms with Gasteiger partial charge in [0, 0.05) is 11.7 Å². The molecule has 0 saturated carbocycles. The van der Waals surface area contributed by atoms with Gasteiger partial charge in [-0.2, -0.15) is 0 Å². The third-order valence-corrected chi connectivity index (χ3v) is 4.33. The first-order valence-corrected chi connectivity index (χ1v) is 7.68. The number of amides is 1. The second-order valence-corrected chi connectivity index (χ2v) is 6.34. The maximum absolute atomic E-state index is 11.9. The predicted octanol–water partition coefficient (Wildman–Crippen LogP) is 3.89. The van der Waals surface area contributed by atoms with E-state index in [1.54, 1.807) is 0 Å². The van der Waals surface area contributed by atoms with Gasteiger partial charge in [-0.15, -0.1) is 0 Å². The van der Waals surface area contributed by atoms with E-state index in [-0.39, 0.29) is 11.9 Å². The van der Waals surface area contributed by atoms with Crippen molar-refractivity contribution in [1.82, 2.24) is 0 Å². The fourth-order valence-corrected chi connectivity index (χ4v) is 2.78. The van der Waals surface area contributed by atoms with Gasteiger partial charge in [0.05, 0.1) is 5.41 Å². The fourth-order valence-electron chi connectivity index (χ4n) is 2.78. The summed E-state index contributed by atoms with van der Waals surface area (Å²) in [7, 11) is 0. The Bertz CT molecular complexity index is 494. The standard InChI is InChI=1S/C17H26N2O/c1-4-5-6-7-8-14(18)12-9-10-15-13(11-12)17(2,3)16(20)19-15/h9-11,14H,4-8,18H2,1-3H3,(H,19,20). The van der Waals surface area contributed by atoms with E-state index in [4.69, 9.17) is 5.73 Å². The van der Waals surface area contributed by atoms with Gasteiger partial charge in [-0.3, -0.25) is 4.79 Å². The Labute approximate surface area is 121 Å². The molecule has 1 aromatic carbocycles. The van der Waals surface area contributed by atoms with E-state index >= 15 is 0 Å². The minimum absolute atomic E-state index is 0.0705. The second kappa shape index (κ2) is 5.96. The van der Waals surface area contributed by atoms with E-state index in [1.165, 1.54) is 25.7 Å². The van der Waals surface area contributed by atoms with Gasteiger partial charge >= 0.3 is 0 Å². The van der Waals surface area contributed by atoms with Crippen LogP contribution in [0.15, 0.2) is 18.2 Å². The van der Waals surface area contributed by atoms with Crippen LogP contribution in [0, 0.1) is 0 Å². The highest BCUT2D eigenvalue weighted by atomic mass is 16.2. The number of rotatable bonds is 6. The minimum Gasteiger partial charge on any atom is -0.325 e. The summed E-state index contributed by atoms with van der Waals surface area (Å²) in [4.78, 5) is 11.9. The number of hydrogen-bond donors (Lipinski definition) is 2. The average molecular weight is 274 g/mol. The van der Waals surface area contributed by atoms with Gasteiger partial charge in [-0.05, 0) is 37.5 Å². The average Bonchev–Trinajstić information content (AvgIpc) is 2.65. The van der Waals surface area contributed by atoms with E-state index < -0.39 is 5.41 Å². The summed E-state index contributed by atoms with van der Waals surface area (Å²) in [5.41, 5.74) is 8.99. The van der Waals surface area contributed by atoms with Crippen LogP contribution in [0.5, 0.6) is 0 Å². The van der Waals surface area contributed by atoms with E-state index in [0.29, 0.717) is 0 Å². The Kier molecular flexibility index (Phi) is 4.48. The summed E-state index contributed by atoms with van der Waals surface area (Å²) in [6.07, 6.45) is 5.96. The zero-order valence-electron chi connectivity index (χ0n) is 12.8. The van der Waals surface area contributed by atoms with Crippen molar-refractivity contribution in [2.75, 3.05) is 5.32 Å². The van der Waals surface area contributed by atoms with E-state index in [2.05, 4.69) is 18.3 Å². The molecule has 3 heteroatoms.